The van der Waals surface area contributed by atoms with Crippen LogP contribution in [0.3, 0.4) is 0 Å². The van der Waals surface area contributed by atoms with Crippen LogP contribution in [0, 0.1) is 5.92 Å². The van der Waals surface area contributed by atoms with Crippen LogP contribution in [0.5, 0.6) is 0 Å². The van der Waals surface area contributed by atoms with Gasteiger partial charge in [-0.05, 0) is 51.3 Å². The molecule has 1 saturated heterocycles. The van der Waals surface area contributed by atoms with Crippen molar-refractivity contribution in [1.29, 1.82) is 0 Å². The second kappa shape index (κ2) is 12.0. The van der Waals surface area contributed by atoms with Crippen molar-refractivity contribution < 1.29 is 19.2 Å². The van der Waals surface area contributed by atoms with E-state index in [2.05, 4.69) is 30.8 Å². The minimum absolute atomic E-state index is 0.0934. The van der Waals surface area contributed by atoms with Crippen LogP contribution in [0.25, 0.3) is 0 Å². The van der Waals surface area contributed by atoms with E-state index in [1.165, 1.54) is 23.6 Å². The van der Waals surface area contributed by atoms with Crippen LogP contribution in [-0.2, 0) is 27.3 Å². The zero-order chi connectivity index (χ0) is 27.5. The van der Waals surface area contributed by atoms with E-state index >= 15 is 0 Å². The summed E-state index contributed by atoms with van der Waals surface area (Å²) in [6, 6.07) is 2.00. The molecule has 2 aromatic heterocycles. The van der Waals surface area contributed by atoms with Gasteiger partial charge in [-0.25, -0.2) is 9.97 Å². The van der Waals surface area contributed by atoms with E-state index in [0.717, 1.165) is 56.0 Å². The number of carbonyl (C=O) groups excluding carboxylic acids is 4. The Bertz CT molecular complexity index is 1250. The maximum absolute atomic E-state index is 13.3. The number of likely N-dealkylation sites (N-methyl/N-ethyl adjacent to an activating group) is 1. The lowest BCUT2D eigenvalue weighted by Gasteiger charge is -2.37. The number of nitrogens with zero attached hydrogens (tertiary/aromatic N) is 4. The van der Waals surface area contributed by atoms with Crippen molar-refractivity contribution >= 4 is 52.4 Å². The summed E-state index contributed by atoms with van der Waals surface area (Å²) in [5.74, 6) is -2.01. The average molecular weight is 574 g/mol. The maximum Gasteiger partial charge on any atom is 0.314 e. The van der Waals surface area contributed by atoms with Gasteiger partial charge in [-0.1, -0.05) is 11.6 Å². The van der Waals surface area contributed by atoms with E-state index < -0.39 is 23.9 Å². The number of pyridine rings is 1. The number of nitrogens with one attached hydrogen (secondary N) is 3. The van der Waals surface area contributed by atoms with E-state index in [0.29, 0.717) is 29.3 Å². The first kappa shape index (κ1) is 27.5. The molecule has 208 valence electrons. The molecule has 3 aliphatic rings. The number of hydrogen-bond donors (Lipinski definition) is 3. The summed E-state index contributed by atoms with van der Waals surface area (Å²) in [6.45, 7) is 3.16. The van der Waals surface area contributed by atoms with Crippen molar-refractivity contribution in [3.05, 3.63) is 38.9 Å². The van der Waals surface area contributed by atoms with Crippen molar-refractivity contribution in [2.45, 2.75) is 57.2 Å². The molecule has 2 fully saturated rings. The van der Waals surface area contributed by atoms with Crippen LogP contribution in [-0.4, -0.2) is 82.2 Å². The first-order chi connectivity index (χ1) is 18.8. The van der Waals surface area contributed by atoms with Gasteiger partial charge in [0.1, 0.15) is 5.82 Å². The fourth-order valence-electron chi connectivity index (χ4n) is 5.43. The van der Waals surface area contributed by atoms with Gasteiger partial charge in [-0.2, -0.15) is 0 Å². The molecule has 2 aliphatic heterocycles. The molecular weight excluding hydrogens is 542 g/mol. The quantitative estimate of drug-likeness (QED) is 0.464. The van der Waals surface area contributed by atoms with Crippen molar-refractivity contribution in [2.75, 3.05) is 32.0 Å². The summed E-state index contributed by atoms with van der Waals surface area (Å²) < 4.78 is 0. The lowest BCUT2D eigenvalue weighted by Crippen LogP contribution is -2.57. The van der Waals surface area contributed by atoms with E-state index in [1.54, 1.807) is 6.07 Å². The van der Waals surface area contributed by atoms with Gasteiger partial charge in [0.25, 0.3) is 5.91 Å². The lowest BCUT2D eigenvalue weighted by atomic mass is 9.81. The van der Waals surface area contributed by atoms with Crippen molar-refractivity contribution in [3.63, 3.8) is 0 Å². The molecule has 4 heterocycles. The highest BCUT2D eigenvalue weighted by Gasteiger charge is 2.39. The molecule has 13 heteroatoms. The SMILES string of the molecule is CN1CCc2nc(C(=O)N[C@@H]3C[C@@H](C(=O)N4CCCC4)CC[C@@H]3NC(=O)C(=O)Nc3ccc(Cl)cn3)sc2C1. The van der Waals surface area contributed by atoms with Gasteiger partial charge in [0.15, 0.2) is 5.01 Å². The molecule has 3 N–H and O–H groups in total. The van der Waals surface area contributed by atoms with E-state index in [9.17, 15) is 19.2 Å². The molecule has 0 unspecified atom stereocenters. The van der Waals surface area contributed by atoms with Gasteiger partial charge in [-0.15, -0.1) is 11.3 Å². The van der Waals surface area contributed by atoms with Gasteiger partial charge in [0.2, 0.25) is 5.91 Å². The van der Waals surface area contributed by atoms with E-state index in [1.807, 2.05) is 11.9 Å². The zero-order valence-electron chi connectivity index (χ0n) is 21.7. The predicted octanol–water partition coefficient (Wildman–Crippen LogP) is 1.82. The highest BCUT2D eigenvalue weighted by molar-refractivity contribution is 7.13. The molecule has 0 aromatic carbocycles. The summed E-state index contributed by atoms with van der Waals surface area (Å²) in [6.07, 6.45) is 5.55. The molecule has 0 radical (unpaired) electrons. The van der Waals surface area contributed by atoms with Crippen molar-refractivity contribution in [3.8, 4) is 0 Å². The number of halogens is 1. The maximum atomic E-state index is 13.3. The summed E-state index contributed by atoms with van der Waals surface area (Å²) in [4.78, 5) is 65.5. The van der Waals surface area contributed by atoms with Gasteiger partial charge < -0.3 is 25.8 Å². The standard InChI is InChI=1S/C26H32ClN7O4S/c1-33-11-8-18-20(14-33)39-25(31-18)24(37)30-19-12-15(26(38)34-9-2-3-10-34)4-6-17(19)29-22(35)23(36)32-21-7-5-16(27)13-28-21/h5,7,13,15,17,19H,2-4,6,8-12,14H2,1H3,(H,29,35)(H,30,37)(H,28,32,36)/t15-,17-,19+/m0/s1. The number of fused-ring (bicyclic) bond motifs is 1. The topological polar surface area (TPSA) is 137 Å². The number of thiazole rings is 1. The zero-order valence-corrected chi connectivity index (χ0v) is 23.3. The molecule has 39 heavy (non-hydrogen) atoms. The molecule has 2 aromatic rings. The van der Waals surface area contributed by atoms with Gasteiger partial charge in [0.05, 0.1) is 16.8 Å². The van der Waals surface area contributed by atoms with Crippen LogP contribution in [0.2, 0.25) is 5.02 Å². The Labute approximate surface area is 235 Å². The number of carbonyl (C=O) groups is 4. The van der Waals surface area contributed by atoms with Crippen LogP contribution in [0.1, 0.15) is 52.5 Å². The Balaban J connectivity index is 1.28. The van der Waals surface area contributed by atoms with E-state index in [-0.39, 0.29) is 23.6 Å². The third kappa shape index (κ3) is 6.56. The Morgan fingerprint density at radius 2 is 1.82 bits per heavy atom. The van der Waals surface area contributed by atoms with Crippen LogP contribution >= 0.6 is 22.9 Å². The Hall–Kier alpha value is -3.09. The molecule has 11 nitrogen and oxygen atoms in total. The van der Waals surface area contributed by atoms with E-state index in [4.69, 9.17) is 11.6 Å². The Kier molecular flexibility index (Phi) is 8.43. The predicted molar refractivity (Wildman–Crippen MR) is 146 cm³/mol. The van der Waals surface area contributed by atoms with Crippen LogP contribution in [0.15, 0.2) is 18.3 Å². The summed E-state index contributed by atoms with van der Waals surface area (Å²) in [7, 11) is 2.04. The third-order valence-corrected chi connectivity index (χ3v) is 8.85. The van der Waals surface area contributed by atoms with Crippen LogP contribution < -0.4 is 16.0 Å². The smallest absolute Gasteiger partial charge is 0.314 e. The largest absolute Gasteiger partial charge is 0.345 e. The third-order valence-electron chi connectivity index (χ3n) is 7.54. The second-order valence-electron chi connectivity index (χ2n) is 10.4. The molecule has 1 aliphatic carbocycles. The Morgan fingerprint density at radius 3 is 2.56 bits per heavy atom. The molecule has 5 rings (SSSR count). The number of aromatic nitrogens is 2. The van der Waals surface area contributed by atoms with Crippen molar-refractivity contribution in [1.82, 2.24) is 30.4 Å². The summed E-state index contributed by atoms with van der Waals surface area (Å²) >= 11 is 7.21. The molecular formula is C26H32ClN7O4S. The molecule has 3 atom stereocenters. The lowest BCUT2D eigenvalue weighted by molar-refractivity contribution is -0.138. The molecule has 0 bridgehead atoms. The number of rotatable bonds is 5. The highest BCUT2D eigenvalue weighted by atomic mass is 35.5. The summed E-state index contributed by atoms with van der Waals surface area (Å²) in [5, 5.41) is 9.04. The monoisotopic (exact) mass is 573 g/mol. The number of anilines is 1. The minimum Gasteiger partial charge on any atom is -0.345 e. The number of likely N-dealkylation sites (tertiary alicyclic amines) is 1. The molecule has 1 saturated carbocycles. The van der Waals surface area contributed by atoms with Gasteiger partial charge in [-0.3, -0.25) is 19.2 Å². The normalized spacial score (nSPS) is 23.1. The Morgan fingerprint density at radius 1 is 1.03 bits per heavy atom. The second-order valence-corrected chi connectivity index (χ2v) is 11.9. The fourth-order valence-corrected chi connectivity index (χ4v) is 6.63. The minimum atomic E-state index is -0.873. The molecule has 4 amide bonds. The molecule has 0 spiro atoms. The average Bonchev–Trinajstić information content (AvgIpc) is 3.61. The van der Waals surface area contributed by atoms with Gasteiger partial charge in [0, 0.05) is 55.6 Å². The number of amides is 4. The summed E-state index contributed by atoms with van der Waals surface area (Å²) in [5.41, 5.74) is 0.950. The highest BCUT2D eigenvalue weighted by Crippen LogP contribution is 2.29. The van der Waals surface area contributed by atoms with Crippen LogP contribution in [0.4, 0.5) is 5.82 Å². The number of hydrogen-bond acceptors (Lipinski definition) is 8. The first-order valence-corrected chi connectivity index (χ1v) is 14.5. The van der Waals surface area contributed by atoms with Gasteiger partial charge >= 0.3 is 11.8 Å². The van der Waals surface area contributed by atoms with Crippen molar-refractivity contribution in [2.24, 2.45) is 5.92 Å². The first-order valence-electron chi connectivity index (χ1n) is 13.3. The fraction of sp³-hybridized carbons (Fsp3) is 0.538.